The summed E-state index contributed by atoms with van der Waals surface area (Å²) in [5.41, 5.74) is 0.382. The maximum absolute atomic E-state index is 11.2. The van der Waals surface area contributed by atoms with Crippen molar-refractivity contribution in [2.45, 2.75) is 19.2 Å². The molecule has 0 spiro atoms. The van der Waals surface area contributed by atoms with Crippen LogP contribution in [0.15, 0.2) is 12.2 Å². The lowest BCUT2D eigenvalue weighted by atomic mass is 10.1. The van der Waals surface area contributed by atoms with Gasteiger partial charge in [0.25, 0.3) is 5.34 Å². The summed E-state index contributed by atoms with van der Waals surface area (Å²) < 4.78 is 0. The van der Waals surface area contributed by atoms with Crippen molar-refractivity contribution in [1.82, 2.24) is 0 Å². The molecule has 0 saturated heterocycles. The Balaban J connectivity index is 4.70. The van der Waals surface area contributed by atoms with E-state index in [1.165, 1.54) is 6.92 Å². The average Bonchev–Trinajstić information content (AvgIpc) is 1.85. The van der Waals surface area contributed by atoms with Crippen molar-refractivity contribution in [3.63, 3.8) is 0 Å². The van der Waals surface area contributed by atoms with Crippen molar-refractivity contribution < 1.29 is 9.90 Å². The fourth-order valence-electron chi connectivity index (χ4n) is 0.578. The number of rotatable bonds is 3. The number of hydrogen-bond acceptors (Lipinski definition) is 2. The molecule has 0 saturated carbocycles. The average molecular weight is 173 g/mol. The maximum atomic E-state index is 11.2. The second-order valence-electron chi connectivity index (χ2n) is 2.83. The molecule has 0 heterocycles. The van der Waals surface area contributed by atoms with E-state index in [0.29, 0.717) is 5.57 Å². The Hall–Kier alpha value is -0.460. The van der Waals surface area contributed by atoms with E-state index in [9.17, 15) is 9.90 Å². The molecule has 0 rings (SSSR count). The standard InChI is InChI=1S/C8H14O2P/c1-6(2)7(9)8(3,10)11(4)5/h10H,1,4H2,2-3,5H3/q+1. The molecule has 0 bridgehead atoms. The Labute approximate surface area is 68.3 Å². The first-order chi connectivity index (χ1) is 4.80. The summed E-state index contributed by atoms with van der Waals surface area (Å²) in [7, 11) is -0.920. The van der Waals surface area contributed by atoms with E-state index in [0.717, 1.165) is 0 Å². The molecule has 0 aliphatic carbocycles. The molecule has 0 aromatic heterocycles. The molecule has 0 aliphatic heterocycles. The van der Waals surface area contributed by atoms with E-state index in [1.807, 2.05) is 0 Å². The monoisotopic (exact) mass is 173 g/mol. The first-order valence-electron chi connectivity index (χ1n) is 3.27. The lowest BCUT2D eigenvalue weighted by Gasteiger charge is -2.12. The predicted octanol–water partition coefficient (Wildman–Crippen LogP) is 1.38. The van der Waals surface area contributed by atoms with E-state index >= 15 is 0 Å². The van der Waals surface area contributed by atoms with Crippen molar-refractivity contribution in [1.29, 1.82) is 0 Å². The van der Waals surface area contributed by atoms with E-state index in [-0.39, 0.29) is 5.78 Å². The predicted molar refractivity (Wildman–Crippen MR) is 50.4 cm³/mol. The normalized spacial score (nSPS) is 16.9. The number of Topliss-reactive ketones (excluding diaryl/α,β-unsaturated/α-hetero) is 1. The van der Waals surface area contributed by atoms with Crippen molar-refractivity contribution in [3.05, 3.63) is 12.2 Å². The summed E-state index contributed by atoms with van der Waals surface area (Å²) in [5, 5.41) is 8.28. The van der Waals surface area contributed by atoms with Crippen LogP contribution >= 0.6 is 7.55 Å². The van der Waals surface area contributed by atoms with Gasteiger partial charge in [-0.05, 0) is 12.5 Å². The summed E-state index contributed by atoms with van der Waals surface area (Å²) in [4.78, 5) is 11.2. The van der Waals surface area contributed by atoms with Crippen LogP contribution in [0.25, 0.3) is 0 Å². The van der Waals surface area contributed by atoms with E-state index in [2.05, 4.69) is 12.9 Å². The van der Waals surface area contributed by atoms with Gasteiger partial charge in [0.05, 0.1) is 13.0 Å². The van der Waals surface area contributed by atoms with Gasteiger partial charge in [-0.25, -0.2) is 0 Å². The molecule has 62 valence electrons. The molecule has 2 atom stereocenters. The molecule has 0 aromatic carbocycles. The van der Waals surface area contributed by atoms with Crippen LogP contribution in [0.5, 0.6) is 0 Å². The van der Waals surface area contributed by atoms with Crippen molar-refractivity contribution in [2.75, 3.05) is 6.66 Å². The smallest absolute Gasteiger partial charge is 0.281 e. The number of carbonyl (C=O) groups excluding carboxylic acids is 1. The zero-order chi connectivity index (χ0) is 9.23. The summed E-state index contributed by atoms with van der Waals surface area (Å²) >= 11 is 0. The summed E-state index contributed by atoms with van der Waals surface area (Å²) in [6.45, 7) is 8.32. The lowest BCUT2D eigenvalue weighted by molar-refractivity contribution is -0.124. The minimum atomic E-state index is -1.30. The highest BCUT2D eigenvalue weighted by Gasteiger charge is 2.40. The molecule has 11 heavy (non-hydrogen) atoms. The minimum Gasteiger partial charge on any atom is -0.345 e. The zero-order valence-electron chi connectivity index (χ0n) is 7.22. The number of hydrogen-bond donors (Lipinski definition) is 1. The van der Waals surface area contributed by atoms with Crippen LogP contribution in [0.2, 0.25) is 0 Å². The Morgan fingerprint density at radius 3 is 2.09 bits per heavy atom. The highest BCUT2D eigenvalue weighted by Crippen LogP contribution is 2.34. The number of carbonyl (C=O) groups is 1. The maximum Gasteiger partial charge on any atom is 0.281 e. The molecule has 0 aliphatic rings. The fourth-order valence-corrected chi connectivity index (χ4v) is 1.12. The molecule has 0 aromatic rings. The van der Waals surface area contributed by atoms with Crippen LogP contribution in [0, 0.1) is 0 Å². The molecule has 1 N–H and O–H groups in total. The Kier molecular flexibility index (Phi) is 3.15. The summed E-state index contributed by atoms with van der Waals surface area (Å²) in [5.74, 6) is -0.305. The van der Waals surface area contributed by atoms with Gasteiger partial charge >= 0.3 is 0 Å². The Bertz CT molecular complexity index is 216. The fraction of sp³-hybridized carbons (Fsp3) is 0.500. The first-order valence-corrected chi connectivity index (χ1v) is 5.24. The highest BCUT2D eigenvalue weighted by molar-refractivity contribution is 7.57. The third-order valence-corrected chi connectivity index (χ3v) is 3.25. The molecule has 2 unspecified atom stereocenters. The van der Waals surface area contributed by atoms with Gasteiger partial charge in [0.2, 0.25) is 5.78 Å². The lowest BCUT2D eigenvalue weighted by Crippen LogP contribution is -2.31. The molecular formula is C8H14O2P+. The molecule has 0 fully saturated rings. The SMILES string of the molecule is C=C(C)C(=O)C(C)(O)[P+](=C)C. The minimum absolute atomic E-state index is 0.305. The highest BCUT2D eigenvalue weighted by atomic mass is 31.1. The van der Waals surface area contributed by atoms with Crippen molar-refractivity contribution in [3.8, 4) is 0 Å². The van der Waals surface area contributed by atoms with Gasteiger partial charge in [-0.2, -0.15) is 0 Å². The van der Waals surface area contributed by atoms with E-state index in [4.69, 9.17) is 0 Å². The third-order valence-electron chi connectivity index (χ3n) is 1.56. The topological polar surface area (TPSA) is 37.3 Å². The number of aliphatic hydroxyl groups is 1. The molecule has 0 amide bonds. The first kappa shape index (κ1) is 10.5. The second kappa shape index (κ2) is 3.29. The van der Waals surface area contributed by atoms with E-state index in [1.54, 1.807) is 13.6 Å². The van der Waals surface area contributed by atoms with Crippen LogP contribution in [-0.4, -0.2) is 29.2 Å². The van der Waals surface area contributed by atoms with Crippen LogP contribution in [0.1, 0.15) is 13.8 Å². The van der Waals surface area contributed by atoms with Gasteiger partial charge in [0.15, 0.2) is 0 Å². The third kappa shape index (κ3) is 2.25. The molecule has 0 radical (unpaired) electrons. The second-order valence-corrected chi connectivity index (χ2v) is 5.09. The van der Waals surface area contributed by atoms with Gasteiger partial charge in [-0.15, -0.1) is 0 Å². The Morgan fingerprint density at radius 1 is 1.64 bits per heavy atom. The van der Waals surface area contributed by atoms with Crippen LogP contribution in [0.3, 0.4) is 0 Å². The zero-order valence-corrected chi connectivity index (χ0v) is 8.11. The number of ketones is 1. The molecular weight excluding hydrogens is 159 g/mol. The van der Waals surface area contributed by atoms with Gasteiger partial charge in [-0.1, -0.05) is 6.58 Å². The van der Waals surface area contributed by atoms with Gasteiger partial charge in [-0.3, -0.25) is 4.79 Å². The van der Waals surface area contributed by atoms with Gasteiger partial charge in [0, 0.05) is 6.92 Å². The van der Waals surface area contributed by atoms with Gasteiger partial charge in [0.1, 0.15) is 7.55 Å². The van der Waals surface area contributed by atoms with Crippen LogP contribution < -0.4 is 0 Å². The van der Waals surface area contributed by atoms with Crippen molar-refractivity contribution in [2.24, 2.45) is 0 Å². The van der Waals surface area contributed by atoms with Crippen molar-refractivity contribution >= 4 is 19.6 Å². The van der Waals surface area contributed by atoms with Crippen LogP contribution in [0.4, 0.5) is 0 Å². The largest absolute Gasteiger partial charge is 0.345 e. The van der Waals surface area contributed by atoms with Gasteiger partial charge < -0.3 is 5.11 Å². The molecule has 2 nitrogen and oxygen atoms in total. The summed E-state index contributed by atoms with van der Waals surface area (Å²) in [6.07, 6.45) is 3.67. The summed E-state index contributed by atoms with van der Waals surface area (Å²) in [6, 6.07) is 0. The molecule has 3 heteroatoms. The quantitative estimate of drug-likeness (QED) is 0.517. The Morgan fingerprint density at radius 2 is 2.00 bits per heavy atom. The van der Waals surface area contributed by atoms with E-state index < -0.39 is 12.9 Å². The van der Waals surface area contributed by atoms with Crippen LogP contribution in [-0.2, 0) is 4.79 Å².